The van der Waals surface area contributed by atoms with Crippen molar-refractivity contribution in [3.05, 3.63) is 57.5 Å². The molecule has 0 aliphatic heterocycles. The van der Waals surface area contributed by atoms with Gasteiger partial charge in [0.25, 0.3) is 0 Å². The van der Waals surface area contributed by atoms with Crippen molar-refractivity contribution in [2.45, 2.75) is 6.92 Å². The van der Waals surface area contributed by atoms with Crippen LogP contribution in [0.15, 0.2) is 46.9 Å². The number of aromatic nitrogens is 2. The lowest BCUT2D eigenvalue weighted by Gasteiger charge is -2.08. The predicted octanol–water partition coefficient (Wildman–Crippen LogP) is 5.05. The highest BCUT2D eigenvalue weighted by atomic mass is 79.9. The van der Waals surface area contributed by atoms with Crippen molar-refractivity contribution in [2.24, 2.45) is 0 Å². The number of H-pyrrole nitrogens is 1. The van der Waals surface area contributed by atoms with E-state index >= 15 is 0 Å². The molecule has 0 atom stereocenters. The van der Waals surface area contributed by atoms with Gasteiger partial charge in [-0.05, 0) is 30.7 Å². The Morgan fingerprint density at radius 3 is 2.67 bits per heavy atom. The molecule has 3 N–H and O–H groups in total. The summed E-state index contributed by atoms with van der Waals surface area (Å²) in [5.41, 5.74) is 10.8. The summed E-state index contributed by atoms with van der Waals surface area (Å²) in [6.07, 6.45) is 0. The summed E-state index contributed by atoms with van der Waals surface area (Å²) in [6.45, 7) is 2.04. The van der Waals surface area contributed by atoms with E-state index in [2.05, 4.69) is 32.2 Å². The van der Waals surface area contributed by atoms with E-state index in [4.69, 9.17) is 17.3 Å². The van der Waals surface area contributed by atoms with E-state index in [1.807, 2.05) is 43.3 Å². The summed E-state index contributed by atoms with van der Waals surface area (Å²) in [7, 11) is 0. The van der Waals surface area contributed by atoms with E-state index in [0.717, 1.165) is 32.4 Å². The molecule has 0 bridgehead atoms. The fourth-order valence-corrected chi connectivity index (χ4v) is 2.78. The topological polar surface area (TPSA) is 54.7 Å². The van der Waals surface area contributed by atoms with Crippen molar-refractivity contribution in [1.29, 1.82) is 0 Å². The number of nitrogens with one attached hydrogen (secondary N) is 1. The fourth-order valence-electron chi connectivity index (χ4n) is 2.30. The van der Waals surface area contributed by atoms with E-state index in [9.17, 15) is 0 Å². The summed E-state index contributed by atoms with van der Waals surface area (Å²) >= 11 is 9.81. The number of halogens is 2. The van der Waals surface area contributed by atoms with Crippen LogP contribution >= 0.6 is 27.5 Å². The molecule has 2 aromatic carbocycles. The van der Waals surface area contributed by atoms with Crippen molar-refractivity contribution in [3.8, 4) is 22.4 Å². The Kier molecular flexibility index (Phi) is 3.74. The minimum atomic E-state index is 0.443. The van der Waals surface area contributed by atoms with E-state index in [-0.39, 0.29) is 0 Å². The Bertz CT molecular complexity index is 811. The minimum absolute atomic E-state index is 0.443. The molecule has 0 fully saturated rings. The number of anilines is 1. The van der Waals surface area contributed by atoms with Gasteiger partial charge in [0.1, 0.15) is 0 Å². The van der Waals surface area contributed by atoms with Gasteiger partial charge in [0.2, 0.25) is 0 Å². The highest BCUT2D eigenvalue weighted by Crippen LogP contribution is 2.38. The van der Waals surface area contributed by atoms with E-state index < -0.39 is 0 Å². The average molecular weight is 363 g/mol. The van der Waals surface area contributed by atoms with Gasteiger partial charge in [-0.2, -0.15) is 5.10 Å². The number of benzene rings is 2. The van der Waals surface area contributed by atoms with Gasteiger partial charge in [-0.3, -0.25) is 5.10 Å². The average Bonchev–Trinajstić information content (AvgIpc) is 2.84. The molecule has 3 aromatic rings. The number of nitrogens with zero attached hydrogens (tertiary/aromatic N) is 1. The van der Waals surface area contributed by atoms with Crippen LogP contribution in [0.4, 0.5) is 5.82 Å². The monoisotopic (exact) mass is 361 g/mol. The predicted molar refractivity (Wildman–Crippen MR) is 91.3 cm³/mol. The van der Waals surface area contributed by atoms with Crippen LogP contribution in [0.2, 0.25) is 5.02 Å². The molecule has 0 saturated heterocycles. The molecule has 0 radical (unpaired) electrons. The Morgan fingerprint density at radius 1 is 1.19 bits per heavy atom. The molecule has 0 amide bonds. The van der Waals surface area contributed by atoms with E-state index in [0.29, 0.717) is 10.8 Å². The molecule has 5 heteroatoms. The lowest BCUT2D eigenvalue weighted by molar-refractivity contribution is 1.10. The number of aryl methyl sites for hydroxylation is 1. The van der Waals surface area contributed by atoms with Crippen LogP contribution in [0.3, 0.4) is 0 Å². The molecule has 0 saturated carbocycles. The van der Waals surface area contributed by atoms with Crippen molar-refractivity contribution >= 4 is 33.3 Å². The highest BCUT2D eigenvalue weighted by molar-refractivity contribution is 9.10. The zero-order valence-electron chi connectivity index (χ0n) is 11.3. The first-order valence-electron chi connectivity index (χ1n) is 6.43. The zero-order valence-corrected chi connectivity index (χ0v) is 13.7. The van der Waals surface area contributed by atoms with Crippen molar-refractivity contribution in [1.82, 2.24) is 10.2 Å². The maximum atomic E-state index is 6.30. The number of hydrogen-bond acceptors (Lipinski definition) is 2. The fraction of sp³-hybridized carbons (Fsp3) is 0.0625. The van der Waals surface area contributed by atoms with Gasteiger partial charge in [-0.15, -0.1) is 0 Å². The first-order chi connectivity index (χ1) is 10.1. The maximum Gasteiger partial charge on any atom is 0.153 e. The van der Waals surface area contributed by atoms with Crippen LogP contribution in [0.1, 0.15) is 5.56 Å². The largest absolute Gasteiger partial charge is 0.382 e. The third-order valence-corrected chi connectivity index (χ3v) is 4.60. The number of nitrogens with two attached hydrogens (primary N) is 1. The summed E-state index contributed by atoms with van der Waals surface area (Å²) < 4.78 is 1.07. The van der Waals surface area contributed by atoms with Gasteiger partial charge in [0.05, 0.1) is 11.3 Å². The third kappa shape index (κ3) is 2.57. The molecule has 1 aromatic heterocycles. The lowest BCUT2D eigenvalue weighted by Crippen LogP contribution is -1.90. The zero-order chi connectivity index (χ0) is 15.0. The molecular weight excluding hydrogens is 350 g/mol. The van der Waals surface area contributed by atoms with Crippen LogP contribution in [0.25, 0.3) is 22.4 Å². The number of hydrogen-bond donors (Lipinski definition) is 2. The smallest absolute Gasteiger partial charge is 0.153 e. The summed E-state index contributed by atoms with van der Waals surface area (Å²) in [6, 6.07) is 13.7. The molecule has 106 valence electrons. The van der Waals surface area contributed by atoms with Gasteiger partial charge in [-0.1, -0.05) is 51.8 Å². The molecule has 3 nitrogen and oxygen atoms in total. The second-order valence-corrected chi connectivity index (χ2v) is 6.06. The third-order valence-electron chi connectivity index (χ3n) is 3.38. The van der Waals surface area contributed by atoms with E-state index in [1.54, 1.807) is 0 Å². The Labute approximate surface area is 136 Å². The molecular formula is C16H13BrClN3. The Morgan fingerprint density at radius 2 is 1.95 bits per heavy atom. The lowest BCUT2D eigenvalue weighted by atomic mass is 10.00. The molecule has 0 aliphatic carbocycles. The number of rotatable bonds is 2. The quantitative estimate of drug-likeness (QED) is 0.670. The van der Waals surface area contributed by atoms with Gasteiger partial charge in [0.15, 0.2) is 5.82 Å². The molecule has 0 spiro atoms. The van der Waals surface area contributed by atoms with Gasteiger partial charge in [0, 0.05) is 20.6 Å². The SMILES string of the molecule is Cc1cc(-c2[nH]nc(N)c2-c2ccccc2Cl)ccc1Br. The van der Waals surface area contributed by atoms with Gasteiger partial charge in [-0.25, -0.2) is 0 Å². The number of nitrogen functional groups attached to an aromatic ring is 1. The standard InChI is InChI=1S/C16H13BrClN3/c1-9-8-10(6-7-12(9)17)15-14(16(19)21-20-15)11-4-2-3-5-13(11)18/h2-8H,1H3,(H3,19,20,21). The van der Waals surface area contributed by atoms with Crippen LogP contribution in [-0.2, 0) is 0 Å². The second kappa shape index (κ2) is 5.54. The van der Waals surface area contributed by atoms with Crippen LogP contribution in [0.5, 0.6) is 0 Å². The van der Waals surface area contributed by atoms with Crippen LogP contribution < -0.4 is 5.73 Å². The molecule has 3 rings (SSSR count). The number of aromatic amines is 1. The van der Waals surface area contributed by atoms with Crippen LogP contribution in [0, 0.1) is 6.92 Å². The van der Waals surface area contributed by atoms with Gasteiger partial charge >= 0.3 is 0 Å². The molecule has 1 heterocycles. The molecule has 0 unspecified atom stereocenters. The van der Waals surface area contributed by atoms with Crippen molar-refractivity contribution in [3.63, 3.8) is 0 Å². The second-order valence-electron chi connectivity index (χ2n) is 4.80. The van der Waals surface area contributed by atoms with Gasteiger partial charge < -0.3 is 5.73 Å². The van der Waals surface area contributed by atoms with Crippen molar-refractivity contribution < 1.29 is 0 Å². The first kappa shape index (κ1) is 14.2. The van der Waals surface area contributed by atoms with Crippen LogP contribution in [-0.4, -0.2) is 10.2 Å². The normalized spacial score (nSPS) is 10.8. The molecule has 0 aliphatic rings. The first-order valence-corrected chi connectivity index (χ1v) is 7.60. The Hall–Kier alpha value is -1.78. The highest BCUT2D eigenvalue weighted by Gasteiger charge is 2.17. The summed E-state index contributed by atoms with van der Waals surface area (Å²) in [4.78, 5) is 0. The van der Waals surface area contributed by atoms with Crippen molar-refractivity contribution in [2.75, 3.05) is 5.73 Å². The molecule has 21 heavy (non-hydrogen) atoms. The summed E-state index contributed by atoms with van der Waals surface area (Å²) in [5, 5.41) is 7.81. The Balaban J connectivity index is 2.22. The maximum absolute atomic E-state index is 6.30. The summed E-state index contributed by atoms with van der Waals surface area (Å²) in [5.74, 6) is 0.443. The van der Waals surface area contributed by atoms with E-state index in [1.165, 1.54) is 0 Å². The minimum Gasteiger partial charge on any atom is -0.382 e.